The minimum atomic E-state index is -4.51. The molecule has 1 spiro atoms. The Balaban J connectivity index is 1.60. The maximum Gasteiger partial charge on any atom is 0.418 e. The fourth-order valence-electron chi connectivity index (χ4n) is 2.79. The quantitative estimate of drug-likeness (QED) is 0.864. The summed E-state index contributed by atoms with van der Waals surface area (Å²) in [6.45, 7) is 3.06. The van der Waals surface area contributed by atoms with E-state index in [-0.39, 0.29) is 11.2 Å². The molecule has 2 aliphatic rings. The Labute approximate surface area is 125 Å². The van der Waals surface area contributed by atoms with Gasteiger partial charge in [-0.25, -0.2) is 4.79 Å². The van der Waals surface area contributed by atoms with Crippen LogP contribution >= 0.6 is 0 Å². The number of alkyl halides is 3. The molecule has 0 unspecified atom stereocenters. The molecule has 3 rings (SSSR count). The van der Waals surface area contributed by atoms with Crippen LogP contribution in [0.1, 0.15) is 18.4 Å². The van der Waals surface area contributed by atoms with Crippen LogP contribution < -0.4 is 10.1 Å². The standard InChI is InChI=1S/C14H16F3N3O2/c15-14(16,17)10-5-11(7-18-6-10)22-12(21)20-3-1-13(2-4-20)8-19-9-13/h5-7,19H,1-4,8-9H2. The maximum absolute atomic E-state index is 12.6. The highest BCUT2D eigenvalue weighted by Gasteiger charge is 2.41. The van der Waals surface area contributed by atoms with Gasteiger partial charge in [-0.05, 0) is 24.3 Å². The average Bonchev–Trinajstić information content (AvgIpc) is 2.45. The fourth-order valence-corrected chi connectivity index (χ4v) is 2.79. The Morgan fingerprint density at radius 2 is 1.95 bits per heavy atom. The van der Waals surface area contributed by atoms with E-state index in [1.165, 1.54) is 4.90 Å². The smallest absolute Gasteiger partial charge is 0.409 e. The molecule has 0 atom stereocenters. The Kier molecular flexibility index (Phi) is 3.72. The van der Waals surface area contributed by atoms with Gasteiger partial charge in [0.2, 0.25) is 0 Å². The van der Waals surface area contributed by atoms with Gasteiger partial charge in [-0.15, -0.1) is 0 Å². The second-order valence-electron chi connectivity index (χ2n) is 5.87. The van der Waals surface area contributed by atoms with Gasteiger partial charge in [-0.3, -0.25) is 4.98 Å². The first kappa shape index (κ1) is 15.1. The van der Waals surface area contributed by atoms with Crippen molar-refractivity contribution in [3.63, 3.8) is 0 Å². The first-order valence-electron chi connectivity index (χ1n) is 7.08. The van der Waals surface area contributed by atoms with Crippen molar-refractivity contribution < 1.29 is 22.7 Å². The zero-order valence-electron chi connectivity index (χ0n) is 11.8. The fraction of sp³-hybridized carbons (Fsp3) is 0.571. The van der Waals surface area contributed by atoms with Gasteiger partial charge in [0.25, 0.3) is 0 Å². The molecule has 1 aromatic heterocycles. The van der Waals surface area contributed by atoms with Crippen molar-refractivity contribution in [2.45, 2.75) is 19.0 Å². The number of hydrogen-bond acceptors (Lipinski definition) is 4. The lowest BCUT2D eigenvalue weighted by Crippen LogP contribution is -2.59. The number of likely N-dealkylation sites (tertiary alicyclic amines) is 1. The van der Waals surface area contributed by atoms with E-state index in [0.717, 1.165) is 38.2 Å². The highest BCUT2D eigenvalue weighted by Crippen LogP contribution is 2.35. The average molecular weight is 315 g/mol. The molecule has 0 bridgehead atoms. The van der Waals surface area contributed by atoms with Crippen molar-refractivity contribution in [2.24, 2.45) is 5.41 Å². The molecule has 8 heteroatoms. The summed E-state index contributed by atoms with van der Waals surface area (Å²) in [5.74, 6) is -0.189. The Morgan fingerprint density at radius 1 is 1.27 bits per heavy atom. The van der Waals surface area contributed by atoms with E-state index in [2.05, 4.69) is 10.3 Å². The second kappa shape index (κ2) is 5.42. The number of hydrogen-bond donors (Lipinski definition) is 1. The van der Waals surface area contributed by atoms with Crippen LogP contribution in [-0.2, 0) is 6.18 Å². The van der Waals surface area contributed by atoms with Crippen molar-refractivity contribution in [1.82, 2.24) is 15.2 Å². The van der Waals surface area contributed by atoms with Gasteiger partial charge in [-0.1, -0.05) is 0 Å². The maximum atomic E-state index is 12.6. The van der Waals surface area contributed by atoms with Crippen molar-refractivity contribution >= 4 is 6.09 Å². The molecule has 1 N–H and O–H groups in total. The molecule has 0 saturated carbocycles. The normalized spacial score (nSPS) is 20.6. The monoisotopic (exact) mass is 315 g/mol. The topological polar surface area (TPSA) is 54.5 Å². The second-order valence-corrected chi connectivity index (χ2v) is 5.87. The lowest BCUT2D eigenvalue weighted by Gasteiger charge is -2.47. The number of nitrogens with zero attached hydrogens (tertiary/aromatic N) is 2. The zero-order chi connectivity index (χ0) is 15.8. The molecule has 0 radical (unpaired) electrons. The molecule has 1 amide bonds. The van der Waals surface area contributed by atoms with Gasteiger partial charge >= 0.3 is 12.3 Å². The molecule has 120 valence electrons. The lowest BCUT2D eigenvalue weighted by molar-refractivity contribution is -0.137. The number of carbonyl (C=O) groups excluding carboxylic acids is 1. The summed E-state index contributed by atoms with van der Waals surface area (Å²) >= 11 is 0. The predicted molar refractivity (Wildman–Crippen MR) is 71.4 cm³/mol. The highest BCUT2D eigenvalue weighted by molar-refractivity contribution is 5.70. The van der Waals surface area contributed by atoms with Crippen LogP contribution in [0.25, 0.3) is 0 Å². The molecule has 3 heterocycles. The summed E-state index contributed by atoms with van der Waals surface area (Å²) in [5, 5.41) is 3.23. The van der Waals surface area contributed by atoms with Crippen LogP contribution in [0.15, 0.2) is 18.5 Å². The van der Waals surface area contributed by atoms with E-state index in [0.29, 0.717) is 19.3 Å². The van der Waals surface area contributed by atoms with E-state index in [1.807, 2.05) is 0 Å². The highest BCUT2D eigenvalue weighted by atomic mass is 19.4. The van der Waals surface area contributed by atoms with Gasteiger partial charge in [-0.2, -0.15) is 13.2 Å². The zero-order valence-corrected chi connectivity index (χ0v) is 11.8. The van der Waals surface area contributed by atoms with E-state index in [1.54, 1.807) is 0 Å². The SMILES string of the molecule is O=C(Oc1cncc(C(F)(F)F)c1)N1CCC2(CC1)CNC2. The molecule has 0 aliphatic carbocycles. The minimum Gasteiger partial charge on any atom is -0.409 e. The molecule has 22 heavy (non-hydrogen) atoms. The van der Waals surface area contributed by atoms with Crippen LogP contribution in [0.2, 0.25) is 0 Å². The number of nitrogens with one attached hydrogen (secondary N) is 1. The molecule has 1 aromatic rings. The molecule has 5 nitrogen and oxygen atoms in total. The number of aromatic nitrogens is 1. The molecule has 2 fully saturated rings. The third kappa shape index (κ3) is 3.01. The number of rotatable bonds is 1. The molecule has 0 aromatic carbocycles. The Hall–Kier alpha value is -1.83. The van der Waals surface area contributed by atoms with E-state index in [9.17, 15) is 18.0 Å². The summed E-state index contributed by atoms with van der Waals surface area (Å²) < 4.78 is 42.8. The van der Waals surface area contributed by atoms with Gasteiger partial charge in [0.15, 0.2) is 5.75 Å². The van der Waals surface area contributed by atoms with Crippen molar-refractivity contribution in [2.75, 3.05) is 26.2 Å². The number of ether oxygens (including phenoxy) is 1. The minimum absolute atomic E-state index is 0.189. The number of piperidine rings is 1. The van der Waals surface area contributed by atoms with Crippen molar-refractivity contribution in [3.05, 3.63) is 24.0 Å². The molecular weight excluding hydrogens is 299 g/mol. The van der Waals surface area contributed by atoms with Crippen molar-refractivity contribution in [1.29, 1.82) is 0 Å². The van der Waals surface area contributed by atoms with E-state index in [4.69, 9.17) is 4.74 Å². The van der Waals surface area contributed by atoms with E-state index < -0.39 is 17.8 Å². The Bertz CT molecular complexity index is 563. The summed E-state index contributed by atoms with van der Waals surface area (Å²) in [6.07, 6.45) is -1.56. The summed E-state index contributed by atoms with van der Waals surface area (Å²) in [6, 6.07) is 0.784. The number of amides is 1. The van der Waals surface area contributed by atoms with Crippen LogP contribution in [0, 0.1) is 5.41 Å². The first-order valence-corrected chi connectivity index (χ1v) is 7.08. The van der Waals surface area contributed by atoms with Gasteiger partial charge < -0.3 is 15.0 Å². The van der Waals surface area contributed by atoms with Crippen LogP contribution in [-0.4, -0.2) is 42.2 Å². The number of halogens is 3. The van der Waals surface area contributed by atoms with Gasteiger partial charge in [0.1, 0.15) is 0 Å². The largest absolute Gasteiger partial charge is 0.418 e. The molecular formula is C14H16F3N3O2. The van der Waals surface area contributed by atoms with E-state index >= 15 is 0 Å². The van der Waals surface area contributed by atoms with Crippen LogP contribution in [0.5, 0.6) is 5.75 Å². The number of carbonyl (C=O) groups is 1. The van der Waals surface area contributed by atoms with Crippen molar-refractivity contribution in [3.8, 4) is 5.75 Å². The predicted octanol–water partition coefficient (Wildman–Crippen LogP) is 2.28. The van der Waals surface area contributed by atoms with Gasteiger partial charge in [0, 0.05) is 32.4 Å². The number of pyridine rings is 1. The first-order chi connectivity index (χ1) is 10.4. The van der Waals surface area contributed by atoms with Crippen LogP contribution in [0.4, 0.5) is 18.0 Å². The van der Waals surface area contributed by atoms with Crippen LogP contribution in [0.3, 0.4) is 0 Å². The lowest BCUT2D eigenvalue weighted by atomic mass is 9.73. The van der Waals surface area contributed by atoms with Gasteiger partial charge in [0.05, 0.1) is 11.8 Å². The third-order valence-electron chi connectivity index (χ3n) is 4.33. The molecule has 2 aliphatic heterocycles. The summed E-state index contributed by atoms with van der Waals surface area (Å²) in [5.41, 5.74) is -0.648. The Morgan fingerprint density at radius 3 is 2.50 bits per heavy atom. The summed E-state index contributed by atoms with van der Waals surface area (Å²) in [7, 11) is 0. The summed E-state index contributed by atoms with van der Waals surface area (Å²) in [4.78, 5) is 17.0. The molecule has 2 saturated heterocycles. The third-order valence-corrected chi connectivity index (χ3v) is 4.33.